The molecule has 0 N–H and O–H groups in total. The maximum absolute atomic E-state index is 11.1. The fourth-order valence-electron chi connectivity index (χ4n) is 0.721. The van der Waals surface area contributed by atoms with Gasteiger partial charge in [-0.15, -0.1) is 0 Å². The summed E-state index contributed by atoms with van der Waals surface area (Å²) in [4.78, 5) is 11.1. The summed E-state index contributed by atoms with van der Waals surface area (Å²) in [5.41, 5.74) is 0.0694. The summed E-state index contributed by atoms with van der Waals surface area (Å²) in [7, 11) is 1.23. The monoisotopic (exact) mass is 205 g/mol. The first-order chi connectivity index (χ1) is 6.06. The van der Waals surface area contributed by atoms with Crippen LogP contribution in [-0.2, 0) is 4.74 Å². The number of ether oxygens (including phenoxy) is 1. The topological polar surface area (TPSA) is 26.3 Å². The van der Waals surface area contributed by atoms with Crippen LogP contribution in [0.2, 0.25) is 10.0 Å². The maximum Gasteiger partial charge on any atom is 0.337 e. The molecule has 2 nitrogen and oxygen atoms in total. The normalized spacial score (nSPS) is 10.8. The van der Waals surface area contributed by atoms with Crippen LogP contribution in [-0.4, -0.2) is 13.1 Å². The van der Waals surface area contributed by atoms with Crippen LogP contribution in [0.5, 0.6) is 0 Å². The van der Waals surface area contributed by atoms with Gasteiger partial charge in [0.15, 0.2) is 0 Å². The molecular formula is C8H6Cl2O2. The van der Waals surface area contributed by atoms with Crippen molar-refractivity contribution in [1.82, 2.24) is 0 Å². The first-order valence-corrected chi connectivity index (χ1v) is 3.86. The summed E-state index contributed by atoms with van der Waals surface area (Å²) >= 11 is 11.3. The van der Waals surface area contributed by atoms with Gasteiger partial charge >= 0.3 is 5.97 Å². The van der Waals surface area contributed by atoms with E-state index >= 15 is 0 Å². The second-order valence-corrected chi connectivity index (χ2v) is 2.90. The van der Waals surface area contributed by atoms with Crippen molar-refractivity contribution in [1.29, 1.82) is 0 Å². The number of carbonyl (C=O) groups excluding carboxylic acids is 1. The van der Waals surface area contributed by atoms with Crippen molar-refractivity contribution in [3.63, 3.8) is 0 Å². The molecule has 0 amide bonds. The molecule has 0 unspecified atom stereocenters. The average molecular weight is 206 g/mol. The molecule has 4 heteroatoms. The number of carbonyl (C=O) groups is 1. The Hall–Kier alpha value is -0.730. The largest absolute Gasteiger partial charge is 0.465 e. The number of hydrogen-bond acceptors (Lipinski definition) is 2. The Labute approximate surface area is 81.4 Å². The second kappa shape index (κ2) is 3.78. The predicted octanol–water partition coefficient (Wildman–Crippen LogP) is 2.78. The highest BCUT2D eigenvalue weighted by atomic mass is 35.5. The molecule has 0 aliphatic carbocycles. The summed E-state index contributed by atoms with van der Waals surface area (Å²) < 4.78 is 11.9. The van der Waals surface area contributed by atoms with Crippen molar-refractivity contribution in [3.8, 4) is 0 Å². The minimum absolute atomic E-state index is 0.0694. The van der Waals surface area contributed by atoms with Gasteiger partial charge in [0.25, 0.3) is 0 Å². The van der Waals surface area contributed by atoms with Gasteiger partial charge in [0.05, 0.1) is 14.0 Å². The van der Waals surface area contributed by atoms with Crippen LogP contribution in [0.25, 0.3) is 0 Å². The van der Waals surface area contributed by atoms with Gasteiger partial charge in [0.1, 0.15) is 0 Å². The molecule has 0 fully saturated rings. The first-order valence-electron chi connectivity index (χ1n) is 3.60. The van der Waals surface area contributed by atoms with Gasteiger partial charge in [-0.3, -0.25) is 0 Å². The van der Waals surface area contributed by atoms with Crippen LogP contribution >= 0.6 is 23.2 Å². The molecule has 1 aromatic rings. The van der Waals surface area contributed by atoms with E-state index in [0.29, 0.717) is 5.02 Å². The SMILES string of the molecule is [2H]c1c(Cl)cc(Cl)cc1C(=O)OC. The molecule has 0 aliphatic rings. The highest BCUT2D eigenvalue weighted by molar-refractivity contribution is 6.35. The van der Waals surface area contributed by atoms with Crippen molar-refractivity contribution >= 4 is 29.2 Å². The van der Waals surface area contributed by atoms with E-state index in [1.807, 2.05) is 0 Å². The van der Waals surface area contributed by atoms with E-state index in [1.54, 1.807) is 0 Å². The molecular weight excluding hydrogens is 199 g/mol. The Kier molecular flexibility index (Phi) is 2.49. The maximum atomic E-state index is 11.1. The number of esters is 1. The molecule has 0 aromatic heterocycles. The van der Waals surface area contributed by atoms with Crippen LogP contribution in [0, 0.1) is 0 Å². The lowest BCUT2D eigenvalue weighted by molar-refractivity contribution is 0.0601. The van der Waals surface area contributed by atoms with Gasteiger partial charge in [-0.2, -0.15) is 0 Å². The van der Waals surface area contributed by atoms with E-state index in [-0.39, 0.29) is 16.6 Å². The van der Waals surface area contributed by atoms with E-state index in [1.165, 1.54) is 19.2 Å². The molecule has 1 aromatic carbocycles. The van der Waals surface area contributed by atoms with Gasteiger partial charge in [0, 0.05) is 10.0 Å². The van der Waals surface area contributed by atoms with Crippen LogP contribution < -0.4 is 0 Å². The Balaban J connectivity index is 3.28. The molecule has 0 atom stereocenters. The van der Waals surface area contributed by atoms with Gasteiger partial charge < -0.3 is 4.74 Å². The van der Waals surface area contributed by atoms with E-state index in [2.05, 4.69) is 4.74 Å². The summed E-state index contributed by atoms with van der Waals surface area (Å²) in [6, 6.07) is 2.68. The Morgan fingerprint density at radius 1 is 1.50 bits per heavy atom. The van der Waals surface area contributed by atoms with Gasteiger partial charge in [-0.05, 0) is 18.2 Å². The van der Waals surface area contributed by atoms with Crippen LogP contribution in [0.3, 0.4) is 0 Å². The summed E-state index contributed by atoms with van der Waals surface area (Å²) in [6.45, 7) is 0. The first kappa shape index (κ1) is 7.90. The van der Waals surface area contributed by atoms with Crippen molar-refractivity contribution in [2.45, 2.75) is 0 Å². The summed E-state index contributed by atoms with van der Waals surface area (Å²) in [6.07, 6.45) is 0. The fraction of sp³-hybridized carbons (Fsp3) is 0.125. The molecule has 0 spiro atoms. The minimum atomic E-state index is -0.616. The Morgan fingerprint density at radius 3 is 2.75 bits per heavy atom. The zero-order valence-corrected chi connectivity index (χ0v) is 7.74. The van der Waals surface area contributed by atoms with Gasteiger partial charge in [-0.1, -0.05) is 23.2 Å². The molecule has 64 valence electrons. The lowest BCUT2D eigenvalue weighted by Crippen LogP contribution is -2.00. The van der Waals surface area contributed by atoms with E-state index in [9.17, 15) is 4.79 Å². The third-order valence-corrected chi connectivity index (χ3v) is 1.63. The molecule has 0 radical (unpaired) electrons. The molecule has 0 saturated carbocycles. The molecule has 1 rings (SSSR count). The minimum Gasteiger partial charge on any atom is -0.465 e. The number of hydrogen-bond donors (Lipinski definition) is 0. The summed E-state index contributed by atoms with van der Waals surface area (Å²) in [5.74, 6) is -0.616. The van der Waals surface area contributed by atoms with E-state index in [4.69, 9.17) is 24.6 Å². The molecule has 0 bridgehead atoms. The highest BCUT2D eigenvalue weighted by Crippen LogP contribution is 2.19. The van der Waals surface area contributed by atoms with Crippen molar-refractivity contribution in [2.24, 2.45) is 0 Å². The number of rotatable bonds is 1. The average Bonchev–Trinajstić information content (AvgIpc) is 2.10. The highest BCUT2D eigenvalue weighted by Gasteiger charge is 2.06. The van der Waals surface area contributed by atoms with Crippen LogP contribution in [0.4, 0.5) is 0 Å². The summed E-state index contributed by atoms with van der Waals surface area (Å²) in [5, 5.41) is 0.439. The van der Waals surface area contributed by atoms with Crippen LogP contribution in [0.1, 0.15) is 11.7 Å². The fourth-order valence-corrected chi connectivity index (χ4v) is 1.21. The lowest BCUT2D eigenvalue weighted by atomic mass is 10.2. The van der Waals surface area contributed by atoms with Crippen molar-refractivity contribution in [2.75, 3.05) is 7.11 Å². The quantitative estimate of drug-likeness (QED) is 0.660. The lowest BCUT2D eigenvalue weighted by Gasteiger charge is -1.99. The zero-order valence-electron chi connectivity index (χ0n) is 7.23. The van der Waals surface area contributed by atoms with Crippen molar-refractivity contribution in [3.05, 3.63) is 33.8 Å². The van der Waals surface area contributed by atoms with Gasteiger partial charge in [-0.25, -0.2) is 4.79 Å². The standard InChI is InChI=1S/C8H6Cl2O2/c1-12-8(11)5-2-6(9)4-7(10)3-5/h2-4H,1H3/i2D. The third kappa shape index (κ3) is 2.13. The van der Waals surface area contributed by atoms with Crippen LogP contribution in [0.15, 0.2) is 18.2 Å². The van der Waals surface area contributed by atoms with Gasteiger partial charge in [0.2, 0.25) is 0 Å². The molecule has 0 heterocycles. The predicted molar refractivity (Wildman–Crippen MR) is 47.8 cm³/mol. The second-order valence-electron chi connectivity index (χ2n) is 2.05. The third-order valence-electron chi connectivity index (χ3n) is 1.21. The molecule has 12 heavy (non-hydrogen) atoms. The molecule has 0 saturated heterocycles. The number of methoxy groups -OCH3 is 1. The zero-order chi connectivity index (χ0) is 10.0. The van der Waals surface area contributed by atoms with E-state index < -0.39 is 5.97 Å². The number of halogens is 2. The number of benzene rings is 1. The molecule has 0 aliphatic heterocycles. The Morgan fingerprint density at radius 2 is 2.17 bits per heavy atom. The van der Waals surface area contributed by atoms with Crippen molar-refractivity contribution < 1.29 is 10.9 Å². The Bertz CT molecular complexity index is 352. The smallest absolute Gasteiger partial charge is 0.337 e. The van der Waals surface area contributed by atoms with E-state index in [0.717, 1.165) is 0 Å².